The third kappa shape index (κ3) is 3.81. The molecule has 16 heavy (non-hydrogen) atoms. The quantitative estimate of drug-likeness (QED) is 0.572. The summed E-state index contributed by atoms with van der Waals surface area (Å²) in [6.07, 6.45) is -0.739. The maximum absolute atomic E-state index is 11.4. The molecule has 0 atom stereocenters. The first-order valence-corrected chi connectivity index (χ1v) is 4.96. The summed E-state index contributed by atoms with van der Waals surface area (Å²) in [6.45, 7) is 5.32. The molecule has 0 aliphatic carbocycles. The van der Waals surface area contributed by atoms with Crippen LogP contribution in [0.4, 0.5) is 4.79 Å². The highest BCUT2D eigenvalue weighted by molar-refractivity contribution is 5.65. The van der Waals surface area contributed by atoms with Crippen LogP contribution in [0.1, 0.15) is 20.8 Å². The van der Waals surface area contributed by atoms with Crippen LogP contribution in [0.5, 0.6) is 11.5 Å². The number of carbonyl (C=O) groups excluding carboxylic acids is 1. The highest BCUT2D eigenvalue weighted by Crippen LogP contribution is 2.26. The van der Waals surface area contributed by atoms with Crippen molar-refractivity contribution in [3.8, 4) is 11.5 Å². The molecule has 0 heterocycles. The predicted octanol–water partition coefficient (Wildman–Crippen LogP) is 3.01. The maximum Gasteiger partial charge on any atom is 0.514 e. The van der Waals surface area contributed by atoms with Crippen LogP contribution in [0.3, 0.4) is 0 Å². The molecule has 0 amide bonds. The average molecular weight is 224 g/mol. The molecule has 0 unspecified atom stereocenters. The topological polar surface area (TPSA) is 44.8 Å². The van der Waals surface area contributed by atoms with Crippen molar-refractivity contribution in [2.24, 2.45) is 0 Å². The number of methoxy groups -OCH3 is 1. The third-order valence-corrected chi connectivity index (χ3v) is 1.65. The molecular weight excluding hydrogens is 208 g/mol. The molecule has 0 saturated heterocycles. The van der Waals surface area contributed by atoms with Crippen LogP contribution in [-0.2, 0) is 4.74 Å². The molecule has 0 fully saturated rings. The van der Waals surface area contributed by atoms with Gasteiger partial charge in [-0.05, 0) is 32.9 Å². The van der Waals surface area contributed by atoms with Gasteiger partial charge in [0.2, 0.25) is 0 Å². The highest BCUT2D eigenvalue weighted by Gasteiger charge is 2.19. The van der Waals surface area contributed by atoms with Crippen molar-refractivity contribution >= 4 is 6.16 Å². The lowest BCUT2D eigenvalue weighted by molar-refractivity contribution is 0.0201. The molecular formula is C12H16O4. The Balaban J connectivity index is 2.70. The summed E-state index contributed by atoms with van der Waals surface area (Å²) in [5.41, 5.74) is -0.570. The Labute approximate surface area is 95.1 Å². The Morgan fingerprint density at radius 3 is 2.19 bits per heavy atom. The smallest absolute Gasteiger partial charge is 0.493 e. The summed E-state index contributed by atoms with van der Waals surface area (Å²) in [5.74, 6) is 0.840. The van der Waals surface area contributed by atoms with Crippen LogP contribution < -0.4 is 9.47 Å². The first kappa shape index (κ1) is 12.4. The maximum atomic E-state index is 11.4. The fourth-order valence-corrected chi connectivity index (χ4v) is 1.06. The normalized spacial score (nSPS) is 10.8. The number of rotatable bonds is 2. The van der Waals surface area contributed by atoms with E-state index >= 15 is 0 Å². The summed E-state index contributed by atoms with van der Waals surface area (Å²) < 4.78 is 15.1. The van der Waals surface area contributed by atoms with E-state index in [1.54, 1.807) is 45.0 Å². The van der Waals surface area contributed by atoms with E-state index in [4.69, 9.17) is 14.2 Å². The van der Waals surface area contributed by atoms with E-state index in [2.05, 4.69) is 0 Å². The summed E-state index contributed by atoms with van der Waals surface area (Å²) in [7, 11) is 1.51. The lowest BCUT2D eigenvalue weighted by atomic mass is 10.2. The fourth-order valence-electron chi connectivity index (χ4n) is 1.06. The van der Waals surface area contributed by atoms with Crippen LogP contribution in [0, 0.1) is 0 Å². The number of benzene rings is 1. The van der Waals surface area contributed by atoms with Crippen LogP contribution in [0.2, 0.25) is 0 Å². The van der Waals surface area contributed by atoms with Gasteiger partial charge in [0.25, 0.3) is 0 Å². The Morgan fingerprint density at radius 2 is 1.69 bits per heavy atom. The zero-order chi connectivity index (χ0) is 12.2. The lowest BCUT2D eigenvalue weighted by Gasteiger charge is -2.19. The zero-order valence-electron chi connectivity index (χ0n) is 9.94. The minimum absolute atomic E-state index is 0.347. The number of para-hydroxylation sites is 2. The first-order valence-electron chi connectivity index (χ1n) is 4.96. The van der Waals surface area contributed by atoms with Crippen molar-refractivity contribution in [3.63, 3.8) is 0 Å². The van der Waals surface area contributed by atoms with E-state index < -0.39 is 11.8 Å². The number of ether oxygens (including phenoxy) is 3. The SMILES string of the molecule is COc1ccccc1OC(=O)OC(C)(C)C. The summed E-state index contributed by atoms with van der Waals surface area (Å²) in [6, 6.07) is 6.89. The molecule has 0 aliphatic heterocycles. The monoisotopic (exact) mass is 224 g/mol. The molecule has 0 spiro atoms. The van der Waals surface area contributed by atoms with Crippen molar-refractivity contribution in [1.29, 1.82) is 0 Å². The van der Waals surface area contributed by atoms with Gasteiger partial charge in [0.05, 0.1) is 7.11 Å². The fraction of sp³-hybridized carbons (Fsp3) is 0.417. The van der Waals surface area contributed by atoms with Gasteiger partial charge >= 0.3 is 6.16 Å². The first-order chi connectivity index (χ1) is 7.42. The van der Waals surface area contributed by atoms with E-state index in [1.165, 1.54) is 7.11 Å². The largest absolute Gasteiger partial charge is 0.514 e. The van der Waals surface area contributed by atoms with Crippen molar-refractivity contribution in [2.75, 3.05) is 7.11 Å². The molecule has 1 aromatic rings. The molecule has 0 bridgehead atoms. The predicted molar refractivity (Wildman–Crippen MR) is 59.9 cm³/mol. The summed E-state index contributed by atoms with van der Waals surface area (Å²) in [4.78, 5) is 11.4. The van der Waals surface area contributed by atoms with Crippen molar-refractivity contribution < 1.29 is 19.0 Å². The Hall–Kier alpha value is -1.71. The van der Waals surface area contributed by atoms with Gasteiger partial charge in [-0.15, -0.1) is 0 Å². The average Bonchev–Trinajstić information content (AvgIpc) is 2.15. The zero-order valence-corrected chi connectivity index (χ0v) is 9.94. The molecule has 0 saturated carbocycles. The van der Waals surface area contributed by atoms with Gasteiger partial charge in [-0.1, -0.05) is 12.1 Å². The Kier molecular flexibility index (Phi) is 3.77. The second kappa shape index (κ2) is 4.88. The van der Waals surface area contributed by atoms with Gasteiger partial charge in [-0.25, -0.2) is 4.79 Å². The minimum atomic E-state index is -0.739. The van der Waals surface area contributed by atoms with Crippen LogP contribution in [0.25, 0.3) is 0 Å². The van der Waals surface area contributed by atoms with Crippen molar-refractivity contribution in [2.45, 2.75) is 26.4 Å². The summed E-state index contributed by atoms with van der Waals surface area (Å²) >= 11 is 0. The second-order valence-corrected chi connectivity index (χ2v) is 4.22. The standard InChI is InChI=1S/C12H16O4/c1-12(2,3)16-11(13)15-10-8-6-5-7-9(10)14-4/h5-8H,1-4H3. The van der Waals surface area contributed by atoms with Crippen LogP contribution in [0.15, 0.2) is 24.3 Å². The number of carbonyl (C=O) groups is 1. The highest BCUT2D eigenvalue weighted by atomic mass is 16.7. The lowest BCUT2D eigenvalue weighted by Crippen LogP contribution is -2.26. The van der Waals surface area contributed by atoms with Gasteiger partial charge < -0.3 is 14.2 Å². The molecule has 1 aromatic carbocycles. The molecule has 4 heteroatoms. The minimum Gasteiger partial charge on any atom is -0.493 e. The summed E-state index contributed by atoms with van der Waals surface area (Å²) in [5, 5.41) is 0. The molecule has 1 rings (SSSR count). The van der Waals surface area contributed by atoms with Gasteiger partial charge in [-0.2, -0.15) is 0 Å². The molecule has 0 N–H and O–H groups in total. The van der Waals surface area contributed by atoms with Crippen LogP contribution >= 0.6 is 0 Å². The molecule has 88 valence electrons. The number of hydrogen-bond acceptors (Lipinski definition) is 4. The van der Waals surface area contributed by atoms with Gasteiger partial charge in [0.15, 0.2) is 11.5 Å². The van der Waals surface area contributed by atoms with Gasteiger partial charge in [-0.3, -0.25) is 0 Å². The van der Waals surface area contributed by atoms with Crippen LogP contribution in [-0.4, -0.2) is 18.9 Å². The van der Waals surface area contributed by atoms with E-state index in [0.29, 0.717) is 11.5 Å². The van der Waals surface area contributed by atoms with E-state index in [-0.39, 0.29) is 0 Å². The van der Waals surface area contributed by atoms with E-state index in [0.717, 1.165) is 0 Å². The second-order valence-electron chi connectivity index (χ2n) is 4.22. The van der Waals surface area contributed by atoms with Crippen molar-refractivity contribution in [1.82, 2.24) is 0 Å². The molecule has 0 aromatic heterocycles. The Bertz CT molecular complexity index is 366. The van der Waals surface area contributed by atoms with E-state index in [1.807, 2.05) is 0 Å². The molecule has 4 nitrogen and oxygen atoms in total. The molecule has 0 radical (unpaired) electrons. The van der Waals surface area contributed by atoms with Gasteiger partial charge in [0.1, 0.15) is 5.60 Å². The van der Waals surface area contributed by atoms with Crippen molar-refractivity contribution in [3.05, 3.63) is 24.3 Å². The van der Waals surface area contributed by atoms with E-state index in [9.17, 15) is 4.79 Å². The number of hydrogen-bond donors (Lipinski definition) is 0. The van der Waals surface area contributed by atoms with Gasteiger partial charge in [0, 0.05) is 0 Å². The Morgan fingerprint density at radius 1 is 1.12 bits per heavy atom. The third-order valence-electron chi connectivity index (χ3n) is 1.65. The molecule has 0 aliphatic rings.